The van der Waals surface area contributed by atoms with Crippen molar-refractivity contribution in [3.63, 3.8) is 0 Å². The van der Waals surface area contributed by atoms with E-state index in [1.54, 1.807) is 29.5 Å². The van der Waals surface area contributed by atoms with Gasteiger partial charge in [-0.2, -0.15) is 14.9 Å². The maximum Gasteiger partial charge on any atom is 0.346 e. The number of fused-ring (bicyclic) bond motifs is 1. The van der Waals surface area contributed by atoms with E-state index in [-0.39, 0.29) is 12.1 Å². The van der Waals surface area contributed by atoms with Crippen molar-refractivity contribution in [1.82, 2.24) is 29.5 Å². The number of anilines is 2. The summed E-state index contributed by atoms with van der Waals surface area (Å²) in [6.45, 7) is 3.91. The average Bonchev–Trinajstić information content (AvgIpc) is 3.28. The molecule has 0 radical (unpaired) electrons. The fraction of sp³-hybridized carbons (Fsp3) is 0.211. The molecule has 9 nitrogen and oxygen atoms in total. The van der Waals surface area contributed by atoms with E-state index in [0.717, 1.165) is 16.6 Å². The van der Waals surface area contributed by atoms with Crippen LogP contribution in [0.25, 0.3) is 11.2 Å². The summed E-state index contributed by atoms with van der Waals surface area (Å²) in [6, 6.07) is 7.30. The van der Waals surface area contributed by atoms with Gasteiger partial charge in [-0.3, -0.25) is 0 Å². The van der Waals surface area contributed by atoms with Gasteiger partial charge in [-0.15, -0.1) is 0 Å². The van der Waals surface area contributed by atoms with Crippen LogP contribution in [0.1, 0.15) is 24.1 Å². The third-order valence-corrected chi connectivity index (χ3v) is 4.36. The first kappa shape index (κ1) is 17.7. The van der Waals surface area contributed by atoms with E-state index in [4.69, 9.17) is 0 Å². The predicted molar refractivity (Wildman–Crippen MR) is 106 cm³/mol. The molecule has 1 aromatic carbocycles. The average molecular weight is 376 g/mol. The van der Waals surface area contributed by atoms with Crippen molar-refractivity contribution in [2.75, 3.05) is 10.6 Å². The van der Waals surface area contributed by atoms with Gasteiger partial charge in [0.1, 0.15) is 11.3 Å². The Morgan fingerprint density at radius 1 is 1.18 bits per heavy atom. The van der Waals surface area contributed by atoms with E-state index in [9.17, 15) is 4.79 Å². The highest BCUT2D eigenvalue weighted by molar-refractivity contribution is 5.90. The normalized spacial score (nSPS) is 12.1. The molecule has 4 rings (SSSR count). The third-order valence-electron chi connectivity index (χ3n) is 4.36. The summed E-state index contributed by atoms with van der Waals surface area (Å²) >= 11 is 0. The van der Waals surface area contributed by atoms with Crippen LogP contribution in [0.5, 0.6) is 0 Å². The second kappa shape index (κ2) is 7.10. The zero-order chi connectivity index (χ0) is 19.7. The monoisotopic (exact) mass is 376 g/mol. The highest BCUT2D eigenvalue weighted by Crippen LogP contribution is 2.22. The van der Waals surface area contributed by atoms with E-state index in [2.05, 4.69) is 30.8 Å². The Bertz CT molecular complexity index is 1150. The van der Waals surface area contributed by atoms with Gasteiger partial charge in [0.25, 0.3) is 0 Å². The van der Waals surface area contributed by atoms with Crippen LogP contribution < -0.4 is 10.6 Å². The van der Waals surface area contributed by atoms with Gasteiger partial charge in [-0.1, -0.05) is 12.1 Å². The first-order valence-electron chi connectivity index (χ1n) is 8.83. The number of nitrogens with one attached hydrogen (secondary N) is 2. The van der Waals surface area contributed by atoms with Gasteiger partial charge in [0.2, 0.25) is 0 Å². The van der Waals surface area contributed by atoms with E-state index < -0.39 is 0 Å². The first-order chi connectivity index (χ1) is 13.5. The van der Waals surface area contributed by atoms with Crippen LogP contribution in [0.15, 0.2) is 49.1 Å². The minimum absolute atomic E-state index is 0.0382. The molecule has 0 aliphatic rings. The summed E-state index contributed by atoms with van der Waals surface area (Å²) in [7, 11) is 1.83. The number of nitrogens with zero attached hydrogens (tertiary/aromatic N) is 6. The van der Waals surface area contributed by atoms with Gasteiger partial charge in [-0.25, -0.2) is 19.4 Å². The molecule has 0 saturated heterocycles. The van der Waals surface area contributed by atoms with Crippen molar-refractivity contribution in [2.45, 2.75) is 19.9 Å². The molecule has 3 heterocycles. The fourth-order valence-corrected chi connectivity index (χ4v) is 2.88. The maximum atomic E-state index is 12.3. The van der Waals surface area contributed by atoms with Crippen molar-refractivity contribution < 1.29 is 4.79 Å². The third kappa shape index (κ3) is 3.54. The van der Waals surface area contributed by atoms with Crippen molar-refractivity contribution in [2.24, 2.45) is 7.05 Å². The fourth-order valence-electron chi connectivity index (χ4n) is 2.88. The van der Waals surface area contributed by atoms with Crippen molar-refractivity contribution in [3.8, 4) is 0 Å². The number of hydrogen-bond donors (Lipinski definition) is 2. The number of benzene rings is 1. The lowest BCUT2D eigenvalue weighted by atomic mass is 10.1. The van der Waals surface area contributed by atoms with Crippen LogP contribution in [0, 0.1) is 6.92 Å². The summed E-state index contributed by atoms with van der Waals surface area (Å²) < 4.78 is 2.97. The number of amides is 1. The van der Waals surface area contributed by atoms with Crippen LogP contribution in [-0.4, -0.2) is 35.6 Å². The first-order valence-corrected chi connectivity index (χ1v) is 8.83. The number of aryl methyl sites for hydroxylation is 2. The SMILES string of the molecule is Cc1cnn(C(=O)Nc2cccc([C@H](C)Nc3cnc4cnn(C)c4n3)c2)c1. The van der Waals surface area contributed by atoms with E-state index >= 15 is 0 Å². The summed E-state index contributed by atoms with van der Waals surface area (Å²) in [5.41, 5.74) is 4.08. The molecule has 4 aromatic rings. The summed E-state index contributed by atoms with van der Waals surface area (Å²) in [5, 5.41) is 14.4. The predicted octanol–water partition coefficient (Wildman–Crippen LogP) is 3.12. The topological polar surface area (TPSA) is 103 Å². The Hall–Kier alpha value is -3.75. The highest BCUT2D eigenvalue weighted by atomic mass is 16.2. The second-order valence-electron chi connectivity index (χ2n) is 6.62. The van der Waals surface area contributed by atoms with Gasteiger partial charge in [0.15, 0.2) is 5.65 Å². The summed E-state index contributed by atoms with van der Waals surface area (Å²) in [6.07, 6.45) is 6.69. The lowest BCUT2D eigenvalue weighted by Crippen LogP contribution is -2.20. The molecular formula is C19H20N8O. The number of carbonyl (C=O) groups excluding carboxylic acids is 1. The van der Waals surface area contributed by atoms with Gasteiger partial charge in [0, 0.05) is 18.9 Å². The molecule has 0 saturated carbocycles. The van der Waals surface area contributed by atoms with Gasteiger partial charge < -0.3 is 10.6 Å². The molecule has 9 heteroatoms. The van der Waals surface area contributed by atoms with Crippen LogP contribution in [0.2, 0.25) is 0 Å². The number of aromatic nitrogens is 6. The standard InChI is InChI=1S/C19H20N8O/c1-12-8-22-27(11-12)19(28)24-15-6-4-5-14(7-15)13(2)23-17-10-20-16-9-21-26(3)18(16)25-17/h4-11,13H,1-3H3,(H,23,25)(H,24,28)/t13-/m0/s1. The lowest BCUT2D eigenvalue weighted by molar-refractivity contribution is 0.251. The van der Waals surface area contributed by atoms with Gasteiger partial charge in [-0.05, 0) is 37.1 Å². The molecule has 3 aromatic heterocycles. The Labute approximate surface area is 161 Å². The summed E-state index contributed by atoms with van der Waals surface area (Å²) in [5.74, 6) is 0.657. The number of hydrogen-bond acceptors (Lipinski definition) is 6. The Morgan fingerprint density at radius 3 is 2.82 bits per heavy atom. The minimum atomic E-state index is -0.307. The Morgan fingerprint density at radius 2 is 2.04 bits per heavy atom. The van der Waals surface area contributed by atoms with Crippen molar-refractivity contribution in [3.05, 3.63) is 60.2 Å². The quantitative estimate of drug-likeness (QED) is 0.567. The van der Waals surface area contributed by atoms with Crippen LogP contribution in [-0.2, 0) is 7.05 Å². The maximum absolute atomic E-state index is 12.3. The lowest BCUT2D eigenvalue weighted by Gasteiger charge is -2.16. The van der Waals surface area contributed by atoms with Crippen LogP contribution in [0.4, 0.5) is 16.3 Å². The molecule has 1 amide bonds. The highest BCUT2D eigenvalue weighted by Gasteiger charge is 2.11. The van der Waals surface area contributed by atoms with E-state index in [1.807, 2.05) is 45.2 Å². The second-order valence-corrected chi connectivity index (χ2v) is 6.62. The van der Waals surface area contributed by atoms with Crippen molar-refractivity contribution >= 4 is 28.7 Å². The Kier molecular flexibility index (Phi) is 4.48. The van der Waals surface area contributed by atoms with Crippen molar-refractivity contribution in [1.29, 1.82) is 0 Å². The molecule has 1 atom stereocenters. The molecule has 28 heavy (non-hydrogen) atoms. The molecule has 0 spiro atoms. The van der Waals surface area contributed by atoms with Gasteiger partial charge in [0.05, 0.1) is 24.6 Å². The van der Waals surface area contributed by atoms with Gasteiger partial charge >= 0.3 is 6.03 Å². The molecule has 0 bridgehead atoms. The van der Waals surface area contributed by atoms with Crippen LogP contribution >= 0.6 is 0 Å². The molecule has 0 unspecified atom stereocenters. The molecule has 0 aliphatic heterocycles. The van der Waals surface area contributed by atoms with E-state index in [1.165, 1.54) is 4.68 Å². The number of rotatable bonds is 4. The van der Waals surface area contributed by atoms with E-state index in [0.29, 0.717) is 17.2 Å². The molecular weight excluding hydrogens is 356 g/mol. The smallest absolute Gasteiger partial charge is 0.346 e. The molecule has 142 valence electrons. The molecule has 2 N–H and O–H groups in total. The number of carbonyl (C=O) groups is 1. The molecule has 0 aliphatic carbocycles. The summed E-state index contributed by atoms with van der Waals surface area (Å²) in [4.78, 5) is 21.2. The molecule has 0 fully saturated rings. The zero-order valence-electron chi connectivity index (χ0n) is 15.8. The minimum Gasteiger partial charge on any atom is -0.362 e. The largest absolute Gasteiger partial charge is 0.362 e. The van der Waals surface area contributed by atoms with Crippen LogP contribution in [0.3, 0.4) is 0 Å². The zero-order valence-corrected chi connectivity index (χ0v) is 15.8. The Balaban J connectivity index is 1.49.